The molecule has 3 heteroatoms. The zero-order chi connectivity index (χ0) is 12.1. The Hall–Kier alpha value is -2.29. The van der Waals surface area contributed by atoms with Gasteiger partial charge in [0.05, 0.1) is 0 Å². The van der Waals surface area contributed by atoms with E-state index in [4.69, 9.17) is 5.73 Å². The molecule has 1 aromatic carbocycles. The Kier molecular flexibility index (Phi) is 3.40. The summed E-state index contributed by atoms with van der Waals surface area (Å²) in [5.41, 5.74) is 7.66. The van der Waals surface area contributed by atoms with E-state index in [2.05, 4.69) is 5.32 Å². The number of rotatable bonds is 2. The van der Waals surface area contributed by atoms with Crippen LogP contribution in [0.4, 0.5) is 11.4 Å². The van der Waals surface area contributed by atoms with Crippen molar-refractivity contribution in [1.82, 2.24) is 0 Å². The van der Waals surface area contributed by atoms with E-state index in [1.54, 1.807) is 18.2 Å². The average Bonchev–Trinajstić information content (AvgIpc) is 2.57. The van der Waals surface area contributed by atoms with Crippen molar-refractivity contribution in [3.05, 3.63) is 60.2 Å². The standard InChI is InChI=1S/C14H14N2O/c15-12-8-5-9-13(10-12)16-14(17)11-6-3-1-2-4-7-11/h1-3,5-10H,4,15H2,(H,16,17). The Balaban J connectivity index is 2.09. The van der Waals surface area contributed by atoms with Crippen LogP contribution >= 0.6 is 0 Å². The van der Waals surface area contributed by atoms with E-state index in [9.17, 15) is 4.79 Å². The SMILES string of the molecule is Nc1cccc(NC(=O)C2=CCC=CC=C2)c1. The Labute approximate surface area is 100 Å². The molecule has 0 atom stereocenters. The molecule has 1 aromatic rings. The van der Waals surface area contributed by atoms with E-state index in [0.717, 1.165) is 6.42 Å². The molecule has 2 rings (SSSR count). The number of hydrogen-bond donors (Lipinski definition) is 2. The summed E-state index contributed by atoms with van der Waals surface area (Å²) in [6.45, 7) is 0. The highest BCUT2D eigenvalue weighted by molar-refractivity contribution is 6.06. The van der Waals surface area contributed by atoms with Crippen LogP contribution in [0.1, 0.15) is 6.42 Å². The number of allylic oxidation sites excluding steroid dienone is 4. The Morgan fingerprint density at radius 3 is 3.00 bits per heavy atom. The minimum atomic E-state index is -0.115. The third-order valence-corrected chi connectivity index (χ3v) is 2.40. The quantitative estimate of drug-likeness (QED) is 0.762. The normalized spacial score (nSPS) is 14.0. The van der Waals surface area contributed by atoms with E-state index < -0.39 is 0 Å². The van der Waals surface area contributed by atoms with E-state index >= 15 is 0 Å². The molecule has 1 amide bonds. The van der Waals surface area contributed by atoms with E-state index in [-0.39, 0.29) is 5.91 Å². The topological polar surface area (TPSA) is 55.1 Å². The number of nitrogens with one attached hydrogen (secondary N) is 1. The van der Waals surface area contributed by atoms with Crippen molar-refractivity contribution in [3.8, 4) is 0 Å². The van der Waals surface area contributed by atoms with Crippen LogP contribution in [0.5, 0.6) is 0 Å². The molecule has 1 aliphatic carbocycles. The van der Waals surface area contributed by atoms with Crippen LogP contribution < -0.4 is 11.1 Å². The lowest BCUT2D eigenvalue weighted by atomic mass is 10.2. The van der Waals surface area contributed by atoms with Crippen molar-refractivity contribution in [2.24, 2.45) is 0 Å². The summed E-state index contributed by atoms with van der Waals surface area (Å²) in [6, 6.07) is 7.14. The second kappa shape index (κ2) is 5.16. The minimum absolute atomic E-state index is 0.115. The van der Waals surface area contributed by atoms with Gasteiger partial charge in [-0.1, -0.05) is 30.4 Å². The zero-order valence-electron chi connectivity index (χ0n) is 9.39. The van der Waals surface area contributed by atoms with Crippen molar-refractivity contribution in [1.29, 1.82) is 0 Å². The predicted molar refractivity (Wildman–Crippen MR) is 70.5 cm³/mol. The minimum Gasteiger partial charge on any atom is -0.399 e. The molecule has 0 unspecified atom stereocenters. The average molecular weight is 226 g/mol. The summed E-state index contributed by atoms with van der Waals surface area (Å²) in [5, 5.41) is 2.81. The van der Waals surface area contributed by atoms with Gasteiger partial charge in [-0.3, -0.25) is 4.79 Å². The van der Waals surface area contributed by atoms with E-state index in [1.165, 1.54) is 0 Å². The van der Waals surface area contributed by atoms with Crippen molar-refractivity contribution in [3.63, 3.8) is 0 Å². The first-order valence-corrected chi connectivity index (χ1v) is 5.46. The summed E-state index contributed by atoms with van der Waals surface area (Å²) in [7, 11) is 0. The first-order chi connectivity index (χ1) is 8.25. The van der Waals surface area contributed by atoms with Gasteiger partial charge in [0.1, 0.15) is 0 Å². The van der Waals surface area contributed by atoms with Gasteiger partial charge in [-0.2, -0.15) is 0 Å². The molecule has 0 spiro atoms. The smallest absolute Gasteiger partial charge is 0.255 e. The molecule has 0 radical (unpaired) electrons. The highest BCUT2D eigenvalue weighted by atomic mass is 16.1. The van der Waals surface area contributed by atoms with Crippen LogP contribution in [0.2, 0.25) is 0 Å². The lowest BCUT2D eigenvalue weighted by molar-refractivity contribution is -0.112. The maximum atomic E-state index is 11.9. The highest BCUT2D eigenvalue weighted by Crippen LogP contribution is 2.14. The first-order valence-electron chi connectivity index (χ1n) is 5.46. The lowest BCUT2D eigenvalue weighted by Crippen LogP contribution is -2.13. The van der Waals surface area contributed by atoms with Gasteiger partial charge in [0.25, 0.3) is 5.91 Å². The monoisotopic (exact) mass is 226 g/mol. The van der Waals surface area contributed by atoms with Crippen LogP contribution in [0.25, 0.3) is 0 Å². The van der Waals surface area contributed by atoms with Gasteiger partial charge in [0.2, 0.25) is 0 Å². The van der Waals surface area contributed by atoms with Gasteiger partial charge < -0.3 is 11.1 Å². The molecule has 86 valence electrons. The maximum Gasteiger partial charge on any atom is 0.255 e. The number of benzene rings is 1. The summed E-state index contributed by atoms with van der Waals surface area (Å²) in [6.07, 6.45) is 10.2. The molecule has 3 nitrogen and oxygen atoms in total. The molecule has 0 aliphatic heterocycles. The van der Waals surface area contributed by atoms with Crippen LogP contribution in [0.3, 0.4) is 0 Å². The van der Waals surface area contributed by atoms with E-state index in [0.29, 0.717) is 16.9 Å². The zero-order valence-corrected chi connectivity index (χ0v) is 9.39. The van der Waals surface area contributed by atoms with Gasteiger partial charge in [-0.15, -0.1) is 0 Å². The second-order valence-electron chi connectivity index (χ2n) is 3.76. The Bertz CT molecular complexity index is 513. The summed E-state index contributed by atoms with van der Waals surface area (Å²) >= 11 is 0. The van der Waals surface area contributed by atoms with Gasteiger partial charge in [-0.05, 0) is 30.7 Å². The molecule has 1 aliphatic rings. The van der Waals surface area contributed by atoms with Crippen LogP contribution in [-0.4, -0.2) is 5.91 Å². The van der Waals surface area contributed by atoms with Crippen LogP contribution in [-0.2, 0) is 4.79 Å². The number of anilines is 2. The number of amides is 1. The molecule has 0 bridgehead atoms. The van der Waals surface area contributed by atoms with Crippen molar-refractivity contribution < 1.29 is 4.79 Å². The second-order valence-corrected chi connectivity index (χ2v) is 3.76. The van der Waals surface area contributed by atoms with Gasteiger partial charge >= 0.3 is 0 Å². The lowest BCUT2D eigenvalue weighted by Gasteiger charge is -2.06. The largest absolute Gasteiger partial charge is 0.399 e. The van der Waals surface area contributed by atoms with E-state index in [1.807, 2.05) is 36.4 Å². The Morgan fingerprint density at radius 2 is 2.18 bits per heavy atom. The fraction of sp³-hybridized carbons (Fsp3) is 0.0714. The van der Waals surface area contributed by atoms with Crippen LogP contribution in [0, 0.1) is 0 Å². The van der Waals surface area contributed by atoms with Crippen molar-refractivity contribution in [2.45, 2.75) is 6.42 Å². The number of carbonyl (C=O) groups excluding carboxylic acids is 1. The highest BCUT2D eigenvalue weighted by Gasteiger charge is 2.06. The van der Waals surface area contributed by atoms with Gasteiger partial charge in [0, 0.05) is 16.9 Å². The molecular weight excluding hydrogens is 212 g/mol. The first kappa shape index (κ1) is 11.2. The maximum absolute atomic E-state index is 11.9. The van der Waals surface area contributed by atoms with Gasteiger partial charge in [0.15, 0.2) is 0 Å². The molecule has 0 saturated carbocycles. The van der Waals surface area contributed by atoms with Crippen molar-refractivity contribution >= 4 is 17.3 Å². The molecule has 0 fully saturated rings. The van der Waals surface area contributed by atoms with Crippen LogP contribution in [0.15, 0.2) is 60.2 Å². The molecule has 17 heavy (non-hydrogen) atoms. The number of nitrogen functional groups attached to an aromatic ring is 1. The summed E-state index contributed by atoms with van der Waals surface area (Å²) in [4.78, 5) is 11.9. The molecular formula is C14H14N2O. The third-order valence-electron chi connectivity index (χ3n) is 2.40. The van der Waals surface area contributed by atoms with Gasteiger partial charge in [-0.25, -0.2) is 0 Å². The number of nitrogens with two attached hydrogens (primary N) is 1. The molecule has 3 N–H and O–H groups in total. The fourth-order valence-electron chi connectivity index (χ4n) is 1.57. The Morgan fingerprint density at radius 1 is 1.29 bits per heavy atom. The fourth-order valence-corrected chi connectivity index (χ4v) is 1.57. The summed E-state index contributed by atoms with van der Waals surface area (Å²) in [5.74, 6) is -0.115. The molecule has 0 aromatic heterocycles. The molecule has 0 saturated heterocycles. The third kappa shape index (κ3) is 3.08. The van der Waals surface area contributed by atoms with Crippen molar-refractivity contribution in [2.75, 3.05) is 11.1 Å². The number of carbonyl (C=O) groups is 1. The number of hydrogen-bond acceptors (Lipinski definition) is 2. The summed E-state index contributed by atoms with van der Waals surface area (Å²) < 4.78 is 0. The molecule has 0 heterocycles. The predicted octanol–water partition coefficient (Wildman–Crippen LogP) is 2.65.